The van der Waals surface area contributed by atoms with Crippen molar-refractivity contribution in [2.24, 2.45) is 0 Å². The van der Waals surface area contributed by atoms with Gasteiger partial charge >= 0.3 is 0 Å². The van der Waals surface area contributed by atoms with Gasteiger partial charge in [0.1, 0.15) is 0 Å². The molecule has 0 fully saturated rings. The number of hydrogen-bond donors (Lipinski definition) is 5. The summed E-state index contributed by atoms with van der Waals surface area (Å²) in [5.74, 6) is -0.859. The molecular weight excluding hydrogens is 480 g/mol. The average Bonchev–Trinajstić information content (AvgIpc) is 2.92. The fourth-order valence-corrected chi connectivity index (χ4v) is 2.98. The molecule has 0 unspecified atom stereocenters. The molecule has 14 nitrogen and oxygen atoms in total. The lowest BCUT2D eigenvalue weighted by atomic mass is 10.1. The van der Waals surface area contributed by atoms with E-state index in [1.165, 1.54) is 48.8 Å². The summed E-state index contributed by atoms with van der Waals surface area (Å²) in [6.45, 7) is 0. The molecule has 0 saturated carbocycles. The zero-order valence-corrected chi connectivity index (χ0v) is 19.1. The van der Waals surface area contributed by atoms with E-state index < -0.39 is 10.8 Å². The number of hydrogen-bond acceptors (Lipinski definition) is 11. The van der Waals surface area contributed by atoms with E-state index in [4.69, 9.17) is 0 Å². The molecule has 186 valence electrons. The minimum atomic E-state index is -0.514. The quantitative estimate of drug-likeness (QED) is 0.159. The van der Waals surface area contributed by atoms with Gasteiger partial charge in [-0.05, 0) is 29.8 Å². The molecule has 0 radical (unpaired) electrons. The number of hydrazine groups is 2. The van der Waals surface area contributed by atoms with Crippen LogP contribution in [0.3, 0.4) is 0 Å². The average molecular weight is 500 g/mol. The lowest BCUT2D eigenvalue weighted by molar-refractivity contribution is -0.384. The second-order valence-electron chi connectivity index (χ2n) is 7.39. The van der Waals surface area contributed by atoms with Crippen molar-refractivity contribution in [3.63, 3.8) is 0 Å². The van der Waals surface area contributed by atoms with Gasteiger partial charge in [0.15, 0.2) is 0 Å². The van der Waals surface area contributed by atoms with E-state index in [1.807, 2.05) is 30.3 Å². The van der Waals surface area contributed by atoms with Gasteiger partial charge < -0.3 is 5.32 Å². The van der Waals surface area contributed by atoms with Crippen LogP contribution in [0.5, 0.6) is 0 Å². The van der Waals surface area contributed by atoms with E-state index in [-0.39, 0.29) is 35.9 Å². The van der Waals surface area contributed by atoms with Crippen LogP contribution in [0.15, 0.2) is 79.1 Å². The molecule has 0 aliphatic carbocycles. The lowest BCUT2D eigenvalue weighted by Gasteiger charge is -2.12. The van der Waals surface area contributed by atoms with E-state index in [1.54, 1.807) is 0 Å². The van der Waals surface area contributed by atoms with Crippen molar-refractivity contribution in [1.82, 2.24) is 30.8 Å². The number of nitro groups is 1. The number of carbonyl (C=O) groups excluding carboxylic acids is 2. The van der Waals surface area contributed by atoms with Gasteiger partial charge in [0.2, 0.25) is 23.8 Å². The van der Waals surface area contributed by atoms with Crippen LogP contribution >= 0.6 is 0 Å². The molecule has 0 saturated heterocycles. The SMILES string of the molecule is O=C(Cc1ccccc1)NNc1nc(NNC(=O)c2ccncc2)nc(Nc2ccc([N+](=O)[O-])cc2)n1. The molecule has 4 aromatic rings. The number of nitrogens with one attached hydrogen (secondary N) is 5. The Morgan fingerprint density at radius 2 is 1.41 bits per heavy atom. The highest BCUT2D eigenvalue weighted by Crippen LogP contribution is 2.19. The smallest absolute Gasteiger partial charge is 0.269 e. The van der Waals surface area contributed by atoms with Crippen LogP contribution in [-0.2, 0) is 11.2 Å². The second-order valence-corrected chi connectivity index (χ2v) is 7.39. The molecule has 4 rings (SSSR count). The highest BCUT2D eigenvalue weighted by molar-refractivity contribution is 5.94. The summed E-state index contributed by atoms with van der Waals surface area (Å²) < 4.78 is 0. The first-order chi connectivity index (χ1) is 18.0. The molecule has 2 amide bonds. The zero-order chi connectivity index (χ0) is 26.0. The van der Waals surface area contributed by atoms with Crippen LogP contribution in [0.4, 0.5) is 29.2 Å². The number of amides is 2. The Labute approximate surface area is 209 Å². The molecule has 0 aliphatic rings. The van der Waals surface area contributed by atoms with Crippen LogP contribution in [-0.4, -0.2) is 36.7 Å². The van der Waals surface area contributed by atoms with Crippen molar-refractivity contribution >= 4 is 41.0 Å². The third kappa shape index (κ3) is 7.16. The number of pyridine rings is 1. The number of nitrogens with zero attached hydrogens (tertiary/aromatic N) is 5. The van der Waals surface area contributed by atoms with Gasteiger partial charge in [0.25, 0.3) is 11.6 Å². The van der Waals surface area contributed by atoms with Gasteiger partial charge in [-0.2, -0.15) is 15.0 Å². The van der Waals surface area contributed by atoms with E-state index in [9.17, 15) is 19.7 Å². The van der Waals surface area contributed by atoms with Crippen molar-refractivity contribution in [3.8, 4) is 0 Å². The zero-order valence-electron chi connectivity index (χ0n) is 19.1. The molecule has 0 spiro atoms. The Morgan fingerprint density at radius 1 is 0.784 bits per heavy atom. The molecule has 0 atom stereocenters. The Kier molecular flexibility index (Phi) is 7.71. The number of rotatable bonds is 10. The Balaban J connectivity index is 1.48. The predicted molar refractivity (Wildman–Crippen MR) is 133 cm³/mol. The molecule has 2 heterocycles. The van der Waals surface area contributed by atoms with Crippen LogP contribution in [0.1, 0.15) is 15.9 Å². The number of anilines is 4. The highest BCUT2D eigenvalue weighted by atomic mass is 16.6. The second kappa shape index (κ2) is 11.7. The number of carbonyl (C=O) groups is 2. The van der Waals surface area contributed by atoms with Gasteiger partial charge in [0.05, 0.1) is 11.3 Å². The first kappa shape index (κ1) is 24.5. The fraction of sp³-hybridized carbons (Fsp3) is 0.0435. The fourth-order valence-electron chi connectivity index (χ4n) is 2.98. The van der Waals surface area contributed by atoms with Gasteiger partial charge in [-0.15, -0.1) is 0 Å². The summed E-state index contributed by atoms with van der Waals surface area (Å²) >= 11 is 0. The summed E-state index contributed by atoms with van der Waals surface area (Å²) in [5, 5.41) is 13.8. The molecule has 14 heteroatoms. The van der Waals surface area contributed by atoms with Gasteiger partial charge in [-0.25, -0.2) is 0 Å². The molecule has 5 N–H and O–H groups in total. The summed E-state index contributed by atoms with van der Waals surface area (Å²) in [6, 6.07) is 17.8. The molecule has 0 bridgehead atoms. The van der Waals surface area contributed by atoms with E-state index >= 15 is 0 Å². The highest BCUT2D eigenvalue weighted by Gasteiger charge is 2.12. The van der Waals surface area contributed by atoms with Crippen LogP contribution in [0.25, 0.3) is 0 Å². The third-order valence-corrected chi connectivity index (χ3v) is 4.72. The maximum Gasteiger partial charge on any atom is 0.269 e. The monoisotopic (exact) mass is 500 g/mol. The van der Waals surface area contributed by atoms with Gasteiger partial charge in [-0.1, -0.05) is 30.3 Å². The maximum atomic E-state index is 12.3. The van der Waals surface area contributed by atoms with Crippen LogP contribution < -0.4 is 27.0 Å². The van der Waals surface area contributed by atoms with Crippen molar-refractivity contribution in [1.29, 1.82) is 0 Å². The Bertz CT molecular complexity index is 1390. The summed E-state index contributed by atoms with van der Waals surface area (Å²) in [7, 11) is 0. The van der Waals surface area contributed by atoms with Gasteiger partial charge in [-0.3, -0.25) is 46.4 Å². The minimum absolute atomic E-state index is 0.0318. The van der Waals surface area contributed by atoms with Crippen molar-refractivity contribution < 1.29 is 14.5 Å². The number of aromatic nitrogens is 4. The van der Waals surface area contributed by atoms with Gasteiger partial charge in [0, 0.05) is 35.8 Å². The van der Waals surface area contributed by atoms with E-state index in [2.05, 4.69) is 47.0 Å². The number of non-ortho nitro benzene ring substituents is 1. The topological polar surface area (TPSA) is 189 Å². The summed E-state index contributed by atoms with van der Waals surface area (Å²) in [5.41, 5.74) is 11.7. The number of nitro benzene ring substituents is 1. The van der Waals surface area contributed by atoms with Crippen LogP contribution in [0, 0.1) is 10.1 Å². The summed E-state index contributed by atoms with van der Waals surface area (Å²) in [6.07, 6.45) is 3.08. The predicted octanol–water partition coefficient (Wildman–Crippen LogP) is 2.36. The van der Waals surface area contributed by atoms with E-state index in [0.717, 1.165) is 5.56 Å². The lowest BCUT2D eigenvalue weighted by Crippen LogP contribution is -2.33. The van der Waals surface area contributed by atoms with Crippen molar-refractivity contribution in [2.75, 3.05) is 16.2 Å². The molecular formula is C23H20N10O4. The third-order valence-electron chi connectivity index (χ3n) is 4.72. The van der Waals surface area contributed by atoms with Crippen molar-refractivity contribution in [2.45, 2.75) is 6.42 Å². The van der Waals surface area contributed by atoms with E-state index in [0.29, 0.717) is 11.3 Å². The van der Waals surface area contributed by atoms with Crippen molar-refractivity contribution in [3.05, 3.63) is 100 Å². The summed E-state index contributed by atoms with van der Waals surface area (Å²) in [4.78, 5) is 51.4. The normalized spacial score (nSPS) is 10.2. The molecule has 2 aromatic heterocycles. The minimum Gasteiger partial charge on any atom is -0.324 e. The Morgan fingerprint density at radius 3 is 2.05 bits per heavy atom. The maximum absolute atomic E-state index is 12.3. The molecule has 37 heavy (non-hydrogen) atoms. The van der Waals surface area contributed by atoms with Crippen LogP contribution in [0.2, 0.25) is 0 Å². The standard InChI is InChI=1S/C23H20N10O4/c34-19(14-15-4-2-1-3-5-15)29-31-22-26-21(25-17-6-8-18(9-7-17)33(36)37)27-23(28-22)32-30-20(35)16-10-12-24-13-11-16/h1-13H,14H2,(H,29,34)(H,30,35)(H3,25,26,27,28,31,32). The Hall–Kier alpha value is -5.66. The largest absolute Gasteiger partial charge is 0.324 e. The molecule has 0 aliphatic heterocycles. The molecule has 2 aromatic carbocycles. The number of benzene rings is 2. The first-order valence-electron chi connectivity index (χ1n) is 10.8. The first-order valence-corrected chi connectivity index (χ1v) is 10.8.